The van der Waals surface area contributed by atoms with Crippen molar-refractivity contribution in [1.82, 2.24) is 10.6 Å². The van der Waals surface area contributed by atoms with E-state index in [0.29, 0.717) is 13.0 Å². The molecule has 122 valence electrons. The number of carbonyl (C=O) groups excluding carboxylic acids is 1. The van der Waals surface area contributed by atoms with Gasteiger partial charge in [-0.25, -0.2) is 0 Å². The summed E-state index contributed by atoms with van der Waals surface area (Å²) in [5.74, 6) is -1.42. The van der Waals surface area contributed by atoms with Gasteiger partial charge in [0.25, 0.3) is 5.91 Å². The molecular formula is C16H18BrN3O3. The van der Waals surface area contributed by atoms with Gasteiger partial charge in [0.1, 0.15) is 11.6 Å². The van der Waals surface area contributed by atoms with E-state index in [1.54, 1.807) is 0 Å². The number of carboxylic acid groups (broad SMARTS) is 1. The standard InChI is InChI=1S/C16H18BrN3O3/c17-14-5-3-12(4-6-14)7-9-19-11-13(10-18)16(23)20-8-1-2-15(21)22/h3-6,11,19H,1-2,7-9H2,(H,20,23)(H,21,22)/b13-11-. The molecule has 1 amide bonds. The first-order chi connectivity index (χ1) is 11.0. The molecule has 1 rings (SSSR count). The highest BCUT2D eigenvalue weighted by Crippen LogP contribution is 2.10. The van der Waals surface area contributed by atoms with Crippen LogP contribution in [0.4, 0.5) is 0 Å². The largest absolute Gasteiger partial charge is 0.481 e. The summed E-state index contributed by atoms with van der Waals surface area (Å²) in [5.41, 5.74) is 1.11. The number of amides is 1. The Hall–Kier alpha value is -2.33. The van der Waals surface area contributed by atoms with Gasteiger partial charge in [-0.05, 0) is 30.5 Å². The number of rotatable bonds is 9. The van der Waals surface area contributed by atoms with Crippen LogP contribution in [0.5, 0.6) is 0 Å². The molecule has 0 fully saturated rings. The van der Waals surface area contributed by atoms with Crippen LogP contribution in [0, 0.1) is 11.3 Å². The molecule has 7 heteroatoms. The molecule has 1 aromatic carbocycles. The van der Waals surface area contributed by atoms with E-state index in [1.165, 1.54) is 6.20 Å². The number of hydrogen-bond acceptors (Lipinski definition) is 4. The van der Waals surface area contributed by atoms with Crippen LogP contribution in [0.15, 0.2) is 40.5 Å². The summed E-state index contributed by atoms with van der Waals surface area (Å²) < 4.78 is 1.01. The molecule has 0 aliphatic heterocycles. The van der Waals surface area contributed by atoms with Gasteiger partial charge in [0.05, 0.1) is 0 Å². The molecule has 0 heterocycles. The summed E-state index contributed by atoms with van der Waals surface area (Å²) in [4.78, 5) is 22.1. The Morgan fingerprint density at radius 1 is 1.26 bits per heavy atom. The van der Waals surface area contributed by atoms with Gasteiger partial charge in [0, 0.05) is 30.2 Å². The monoisotopic (exact) mass is 379 g/mol. The number of halogens is 1. The van der Waals surface area contributed by atoms with Crippen LogP contribution in [0.1, 0.15) is 18.4 Å². The van der Waals surface area contributed by atoms with Crippen molar-refractivity contribution in [3.63, 3.8) is 0 Å². The van der Waals surface area contributed by atoms with Crippen molar-refractivity contribution in [3.8, 4) is 6.07 Å². The molecule has 6 nitrogen and oxygen atoms in total. The molecule has 0 radical (unpaired) electrons. The summed E-state index contributed by atoms with van der Waals surface area (Å²) in [6.45, 7) is 0.822. The highest BCUT2D eigenvalue weighted by Gasteiger charge is 2.08. The maximum Gasteiger partial charge on any atom is 0.303 e. The topological polar surface area (TPSA) is 102 Å². The number of carbonyl (C=O) groups is 2. The van der Waals surface area contributed by atoms with E-state index in [9.17, 15) is 9.59 Å². The molecule has 1 aromatic rings. The maximum atomic E-state index is 11.7. The SMILES string of the molecule is N#C/C(=C/NCCc1ccc(Br)cc1)C(=O)NCCCC(=O)O. The van der Waals surface area contributed by atoms with E-state index >= 15 is 0 Å². The second-order valence-corrected chi connectivity index (χ2v) is 5.67. The first-order valence-electron chi connectivity index (χ1n) is 7.11. The third-order valence-corrected chi connectivity index (χ3v) is 3.46. The Morgan fingerprint density at radius 3 is 2.57 bits per heavy atom. The first kappa shape index (κ1) is 18.7. The number of nitrogens with one attached hydrogen (secondary N) is 2. The minimum atomic E-state index is -0.912. The number of aliphatic carboxylic acids is 1. The van der Waals surface area contributed by atoms with Crippen molar-refractivity contribution in [2.75, 3.05) is 13.1 Å². The second-order valence-electron chi connectivity index (χ2n) is 4.75. The predicted molar refractivity (Wildman–Crippen MR) is 89.4 cm³/mol. The Bertz CT molecular complexity index is 606. The Balaban J connectivity index is 2.34. The third kappa shape index (κ3) is 8.02. The van der Waals surface area contributed by atoms with E-state index in [4.69, 9.17) is 10.4 Å². The number of nitrogens with zero attached hydrogens (tertiary/aromatic N) is 1. The lowest BCUT2D eigenvalue weighted by Crippen LogP contribution is -2.27. The number of carboxylic acids is 1. The van der Waals surface area contributed by atoms with Crippen LogP contribution in [0.25, 0.3) is 0 Å². The normalized spacial score (nSPS) is 10.7. The van der Waals surface area contributed by atoms with E-state index in [2.05, 4.69) is 26.6 Å². The molecule has 0 atom stereocenters. The highest BCUT2D eigenvalue weighted by molar-refractivity contribution is 9.10. The third-order valence-electron chi connectivity index (χ3n) is 2.94. The molecule has 0 saturated heterocycles. The van der Waals surface area contributed by atoms with Gasteiger partial charge in [-0.3, -0.25) is 9.59 Å². The average molecular weight is 380 g/mol. The van der Waals surface area contributed by atoms with Crippen LogP contribution in [0.3, 0.4) is 0 Å². The van der Waals surface area contributed by atoms with Crippen molar-refractivity contribution < 1.29 is 14.7 Å². The molecule has 0 aliphatic rings. The first-order valence-corrected chi connectivity index (χ1v) is 7.90. The Labute approximate surface area is 143 Å². The molecule has 0 bridgehead atoms. The van der Waals surface area contributed by atoms with Crippen molar-refractivity contribution in [2.45, 2.75) is 19.3 Å². The lowest BCUT2D eigenvalue weighted by Gasteiger charge is -2.05. The zero-order valence-corrected chi connectivity index (χ0v) is 14.1. The smallest absolute Gasteiger partial charge is 0.303 e. The van der Waals surface area contributed by atoms with Crippen LogP contribution in [0.2, 0.25) is 0 Å². The summed E-state index contributed by atoms with van der Waals surface area (Å²) in [5, 5.41) is 22.9. The quantitative estimate of drug-likeness (QED) is 0.345. The fourth-order valence-corrected chi connectivity index (χ4v) is 1.99. The Morgan fingerprint density at radius 2 is 1.96 bits per heavy atom. The number of benzene rings is 1. The minimum Gasteiger partial charge on any atom is -0.481 e. The lowest BCUT2D eigenvalue weighted by molar-refractivity contribution is -0.137. The van der Waals surface area contributed by atoms with E-state index in [-0.39, 0.29) is 18.5 Å². The van der Waals surface area contributed by atoms with Crippen molar-refractivity contribution in [2.24, 2.45) is 0 Å². The number of hydrogen-bond donors (Lipinski definition) is 3. The van der Waals surface area contributed by atoms with Gasteiger partial charge in [0.2, 0.25) is 0 Å². The zero-order chi connectivity index (χ0) is 17.1. The van der Waals surface area contributed by atoms with Crippen LogP contribution >= 0.6 is 15.9 Å². The summed E-state index contributed by atoms with van der Waals surface area (Å²) in [6.07, 6.45) is 2.46. The van der Waals surface area contributed by atoms with E-state index < -0.39 is 11.9 Å². The molecule has 3 N–H and O–H groups in total. The number of nitriles is 1. The van der Waals surface area contributed by atoms with Gasteiger partial charge >= 0.3 is 5.97 Å². The second kappa shape index (κ2) is 10.4. The molecular weight excluding hydrogens is 362 g/mol. The van der Waals surface area contributed by atoms with Gasteiger partial charge in [-0.2, -0.15) is 5.26 Å². The lowest BCUT2D eigenvalue weighted by atomic mass is 10.1. The summed E-state index contributed by atoms with van der Waals surface area (Å²) in [7, 11) is 0. The highest BCUT2D eigenvalue weighted by atomic mass is 79.9. The van der Waals surface area contributed by atoms with Crippen LogP contribution in [-0.2, 0) is 16.0 Å². The fraction of sp³-hybridized carbons (Fsp3) is 0.312. The van der Waals surface area contributed by atoms with Gasteiger partial charge in [0.15, 0.2) is 0 Å². The van der Waals surface area contributed by atoms with E-state index in [1.807, 2.05) is 30.3 Å². The van der Waals surface area contributed by atoms with Crippen LogP contribution < -0.4 is 10.6 Å². The Kier molecular flexibility index (Phi) is 8.47. The molecule has 0 saturated carbocycles. The molecule has 0 aliphatic carbocycles. The van der Waals surface area contributed by atoms with Gasteiger partial charge < -0.3 is 15.7 Å². The van der Waals surface area contributed by atoms with Crippen molar-refractivity contribution in [1.29, 1.82) is 5.26 Å². The zero-order valence-electron chi connectivity index (χ0n) is 12.5. The molecule has 0 aromatic heterocycles. The van der Waals surface area contributed by atoms with Gasteiger partial charge in [-0.1, -0.05) is 28.1 Å². The van der Waals surface area contributed by atoms with Crippen LogP contribution in [-0.4, -0.2) is 30.1 Å². The molecule has 0 spiro atoms. The fourth-order valence-electron chi connectivity index (χ4n) is 1.73. The summed E-state index contributed by atoms with van der Waals surface area (Å²) >= 11 is 3.37. The maximum absolute atomic E-state index is 11.7. The predicted octanol–water partition coefficient (Wildman–Crippen LogP) is 1.97. The summed E-state index contributed by atoms with van der Waals surface area (Å²) in [6, 6.07) is 9.72. The van der Waals surface area contributed by atoms with Gasteiger partial charge in [-0.15, -0.1) is 0 Å². The average Bonchev–Trinajstić information content (AvgIpc) is 2.53. The molecule has 23 heavy (non-hydrogen) atoms. The molecule has 0 unspecified atom stereocenters. The van der Waals surface area contributed by atoms with E-state index in [0.717, 1.165) is 16.5 Å². The minimum absolute atomic E-state index is 0.0165. The van der Waals surface area contributed by atoms with Crippen molar-refractivity contribution in [3.05, 3.63) is 46.1 Å². The van der Waals surface area contributed by atoms with Crippen molar-refractivity contribution >= 4 is 27.8 Å².